The molecule has 6 rings (SSSR count). The number of benzene rings is 1. The summed E-state index contributed by atoms with van der Waals surface area (Å²) in [7, 11) is 0. The average Bonchev–Trinajstić information content (AvgIpc) is 3.41. The minimum absolute atomic E-state index is 0.0556. The molecule has 0 unspecified atom stereocenters. The third-order valence-electron chi connectivity index (χ3n) is 6.32. The normalized spacial score (nSPS) is 32.0. The third kappa shape index (κ3) is 2.49. The Morgan fingerprint density at radius 2 is 1.90 bits per heavy atom. The van der Waals surface area contributed by atoms with E-state index in [4.69, 9.17) is 11.6 Å². The summed E-state index contributed by atoms with van der Waals surface area (Å²) in [6, 6.07) is 7.05. The molecule has 29 heavy (non-hydrogen) atoms. The number of hydrogen-bond donors (Lipinski definition) is 1. The molecule has 1 aromatic heterocycles. The molecule has 9 heteroatoms. The Labute approximate surface area is 178 Å². The number of aromatic amines is 1. The Hall–Kier alpha value is -2.16. The van der Waals surface area contributed by atoms with Crippen LogP contribution in [0.5, 0.6) is 0 Å². The number of fused-ring (bicyclic) bond motifs is 9. The molecule has 2 saturated carbocycles. The van der Waals surface area contributed by atoms with E-state index < -0.39 is 0 Å². The van der Waals surface area contributed by atoms with Gasteiger partial charge in [0.25, 0.3) is 11.8 Å². The maximum absolute atomic E-state index is 13.1. The van der Waals surface area contributed by atoms with E-state index in [0.29, 0.717) is 5.02 Å². The molecular formula is C20H14ClN3O3S2. The summed E-state index contributed by atoms with van der Waals surface area (Å²) in [6.07, 6.45) is 4.44. The molecule has 2 bridgehead atoms. The van der Waals surface area contributed by atoms with Crippen molar-refractivity contribution in [3.63, 3.8) is 0 Å². The summed E-state index contributed by atoms with van der Waals surface area (Å²) in [5.41, 5.74) is 1.98. The van der Waals surface area contributed by atoms with E-state index in [1.54, 1.807) is 36.0 Å². The van der Waals surface area contributed by atoms with Crippen LogP contribution in [0.4, 0.5) is 0 Å². The van der Waals surface area contributed by atoms with Crippen molar-refractivity contribution in [3.05, 3.63) is 55.0 Å². The Morgan fingerprint density at radius 3 is 2.69 bits per heavy atom. The fraction of sp³-hybridized carbons (Fsp3) is 0.300. The van der Waals surface area contributed by atoms with Gasteiger partial charge in [-0.25, -0.2) is 0 Å². The van der Waals surface area contributed by atoms with E-state index in [9.17, 15) is 14.4 Å². The van der Waals surface area contributed by atoms with Crippen LogP contribution in [-0.4, -0.2) is 33.3 Å². The molecule has 2 amide bonds. The van der Waals surface area contributed by atoms with E-state index >= 15 is 0 Å². The highest BCUT2D eigenvalue weighted by Crippen LogP contribution is 2.64. The number of H-pyrrole nitrogens is 1. The second kappa shape index (κ2) is 6.17. The van der Waals surface area contributed by atoms with Crippen molar-refractivity contribution in [2.24, 2.45) is 28.8 Å². The van der Waals surface area contributed by atoms with Gasteiger partial charge < -0.3 is 4.98 Å². The van der Waals surface area contributed by atoms with Gasteiger partial charge in [0.15, 0.2) is 0 Å². The van der Waals surface area contributed by atoms with Gasteiger partial charge in [-0.15, -0.1) is 0 Å². The van der Waals surface area contributed by atoms with Crippen LogP contribution in [0.3, 0.4) is 0 Å². The second-order valence-electron chi connectivity index (χ2n) is 7.73. The van der Waals surface area contributed by atoms with Crippen LogP contribution in [-0.2, 0) is 9.59 Å². The van der Waals surface area contributed by atoms with Gasteiger partial charge in [0, 0.05) is 10.3 Å². The van der Waals surface area contributed by atoms with Crippen molar-refractivity contribution < 1.29 is 9.59 Å². The SMILES string of the molecule is O=C1[C@H]2[C@H]3C[C@@H](C4=Cc5sc(=O)[nH]c5S[C@@H]43)[C@H]2C(=O)N1/N=C\c1ccc(Cl)cc1. The van der Waals surface area contributed by atoms with E-state index in [0.717, 1.165) is 26.9 Å². The number of halogens is 1. The number of carbonyl (C=O) groups excluding carboxylic acids is 2. The zero-order valence-electron chi connectivity index (χ0n) is 14.9. The summed E-state index contributed by atoms with van der Waals surface area (Å²) in [5, 5.41) is 6.92. The first-order chi connectivity index (χ1) is 14.0. The first-order valence-electron chi connectivity index (χ1n) is 9.30. The van der Waals surface area contributed by atoms with Crippen LogP contribution in [0.25, 0.3) is 6.08 Å². The number of nitrogens with zero attached hydrogens (tertiary/aromatic N) is 2. The summed E-state index contributed by atoms with van der Waals surface area (Å²) >= 11 is 8.72. The highest BCUT2D eigenvalue weighted by atomic mass is 35.5. The van der Waals surface area contributed by atoms with Crippen LogP contribution in [0, 0.1) is 23.7 Å². The Kier molecular flexibility index (Phi) is 3.76. The topological polar surface area (TPSA) is 82.6 Å². The highest BCUT2D eigenvalue weighted by Gasteiger charge is 2.66. The number of hydrogen-bond acceptors (Lipinski definition) is 6. The van der Waals surface area contributed by atoms with Crippen molar-refractivity contribution in [2.75, 3.05) is 0 Å². The number of imide groups is 1. The maximum Gasteiger partial charge on any atom is 0.305 e. The van der Waals surface area contributed by atoms with Gasteiger partial charge in [-0.1, -0.05) is 52.4 Å². The summed E-state index contributed by atoms with van der Waals surface area (Å²) in [4.78, 5) is 41.6. The predicted octanol–water partition coefficient (Wildman–Crippen LogP) is 3.23. The van der Waals surface area contributed by atoms with Gasteiger partial charge in [-0.2, -0.15) is 10.1 Å². The van der Waals surface area contributed by atoms with Crippen LogP contribution in [0.1, 0.15) is 16.9 Å². The van der Waals surface area contributed by atoms with Gasteiger partial charge in [0.2, 0.25) is 0 Å². The van der Waals surface area contributed by atoms with Gasteiger partial charge in [0.1, 0.15) is 0 Å². The standard InChI is InChI=1S/C20H14ClN3O3S2/c21-9-3-1-8(2-4-9)7-22-24-18(25)14-10-5-12(15(14)19(24)26)16-11(10)6-13-17(29-16)23-20(27)28-13/h1-4,6-7,10,12,14-16H,5H2,(H,23,27)/b22-7-/t10-,12+,14+,15-,16-/m0/s1. The molecule has 1 aromatic carbocycles. The molecular weight excluding hydrogens is 430 g/mol. The molecule has 0 spiro atoms. The number of rotatable bonds is 2. The number of thioether (sulfide) groups is 1. The summed E-state index contributed by atoms with van der Waals surface area (Å²) in [6.45, 7) is 0. The van der Waals surface area contributed by atoms with E-state index in [1.165, 1.54) is 23.1 Å². The molecule has 2 aliphatic carbocycles. The molecule has 0 radical (unpaired) electrons. The lowest BCUT2D eigenvalue weighted by molar-refractivity contribution is -0.140. The zero-order valence-corrected chi connectivity index (χ0v) is 17.3. The first kappa shape index (κ1) is 17.7. The number of nitrogens with one attached hydrogen (secondary N) is 1. The monoisotopic (exact) mass is 443 g/mol. The predicted molar refractivity (Wildman–Crippen MR) is 112 cm³/mol. The maximum atomic E-state index is 13.1. The van der Waals surface area contributed by atoms with Crippen LogP contribution < -0.4 is 4.87 Å². The van der Waals surface area contributed by atoms with Gasteiger partial charge >= 0.3 is 4.87 Å². The van der Waals surface area contributed by atoms with Crippen molar-refractivity contribution in [1.82, 2.24) is 9.99 Å². The molecule has 1 saturated heterocycles. The molecule has 3 heterocycles. The molecule has 6 nitrogen and oxygen atoms in total. The van der Waals surface area contributed by atoms with Crippen LogP contribution in [0.2, 0.25) is 5.02 Å². The highest BCUT2D eigenvalue weighted by molar-refractivity contribution is 8.00. The third-order valence-corrected chi connectivity index (χ3v) is 8.96. The van der Waals surface area contributed by atoms with Crippen molar-refractivity contribution >= 4 is 58.8 Å². The molecule has 1 N–H and O–H groups in total. The summed E-state index contributed by atoms with van der Waals surface area (Å²) in [5.74, 6) is -0.922. The molecule has 5 atom stereocenters. The van der Waals surface area contributed by atoms with Crippen LogP contribution in [0.15, 0.2) is 44.8 Å². The van der Waals surface area contributed by atoms with Crippen molar-refractivity contribution in [2.45, 2.75) is 16.7 Å². The Bertz CT molecular complexity index is 1180. The quantitative estimate of drug-likeness (QED) is 0.570. The van der Waals surface area contributed by atoms with Gasteiger partial charge in [-0.05, 0) is 42.0 Å². The fourth-order valence-electron chi connectivity index (χ4n) is 5.19. The zero-order chi connectivity index (χ0) is 19.9. The molecule has 2 aromatic rings. The molecule has 3 fully saturated rings. The summed E-state index contributed by atoms with van der Waals surface area (Å²) < 4.78 is 0. The van der Waals surface area contributed by atoms with E-state index in [-0.39, 0.29) is 45.6 Å². The fourth-order valence-corrected chi connectivity index (χ4v) is 7.75. The first-order valence-corrected chi connectivity index (χ1v) is 11.4. The van der Waals surface area contributed by atoms with Crippen LogP contribution >= 0.6 is 34.7 Å². The smallest absolute Gasteiger partial charge is 0.305 e. The Balaban J connectivity index is 1.32. The lowest BCUT2D eigenvalue weighted by Crippen LogP contribution is -2.34. The minimum atomic E-state index is -0.338. The number of hydrazone groups is 1. The number of aromatic nitrogens is 1. The van der Waals surface area contributed by atoms with E-state index in [1.807, 2.05) is 0 Å². The van der Waals surface area contributed by atoms with Gasteiger partial charge in [0.05, 0.1) is 28.0 Å². The van der Waals surface area contributed by atoms with E-state index in [2.05, 4.69) is 16.2 Å². The largest absolute Gasteiger partial charge is 0.307 e. The number of amides is 2. The Morgan fingerprint density at radius 1 is 1.14 bits per heavy atom. The van der Waals surface area contributed by atoms with Gasteiger partial charge in [-0.3, -0.25) is 14.4 Å². The number of thiazole rings is 1. The molecule has 2 aliphatic heterocycles. The minimum Gasteiger partial charge on any atom is -0.307 e. The molecule has 146 valence electrons. The second-order valence-corrected chi connectivity index (χ2v) is 10.3. The molecule has 4 aliphatic rings. The van der Waals surface area contributed by atoms with Crippen molar-refractivity contribution in [1.29, 1.82) is 0 Å². The van der Waals surface area contributed by atoms with Crippen molar-refractivity contribution in [3.8, 4) is 0 Å². The lowest BCUT2D eigenvalue weighted by atomic mass is 9.77. The average molecular weight is 444 g/mol. The lowest BCUT2D eigenvalue weighted by Gasteiger charge is -2.32. The number of carbonyl (C=O) groups is 2.